The van der Waals surface area contributed by atoms with Crippen molar-refractivity contribution in [1.82, 2.24) is 5.32 Å². The monoisotopic (exact) mass is 279 g/mol. The minimum Gasteiger partial charge on any atom is -0.491 e. The third-order valence-electron chi connectivity index (χ3n) is 3.86. The summed E-state index contributed by atoms with van der Waals surface area (Å²) >= 11 is 0. The molecular weight excluding hydrogens is 254 g/mol. The van der Waals surface area contributed by atoms with Gasteiger partial charge >= 0.3 is 0 Å². The molecule has 0 spiro atoms. The van der Waals surface area contributed by atoms with Gasteiger partial charge in [-0.3, -0.25) is 0 Å². The predicted molar refractivity (Wildman–Crippen MR) is 79.0 cm³/mol. The molecule has 4 heteroatoms. The van der Waals surface area contributed by atoms with Crippen LogP contribution in [0.15, 0.2) is 30.3 Å². The standard InChI is InChI=1S/C16H25NO3/c1-19-10-9-16(7-8-16)13-17-11-14(18)12-20-15-5-3-2-4-6-15/h2-6,14,17-18H,7-13H2,1H3. The summed E-state index contributed by atoms with van der Waals surface area (Å²) in [4.78, 5) is 0. The van der Waals surface area contributed by atoms with E-state index in [1.807, 2.05) is 30.3 Å². The molecule has 112 valence electrons. The molecule has 1 aromatic rings. The number of benzene rings is 1. The highest BCUT2D eigenvalue weighted by molar-refractivity contribution is 5.20. The van der Waals surface area contributed by atoms with Crippen LogP contribution in [0.4, 0.5) is 0 Å². The van der Waals surface area contributed by atoms with Crippen molar-refractivity contribution in [2.45, 2.75) is 25.4 Å². The van der Waals surface area contributed by atoms with Gasteiger partial charge in [0.05, 0.1) is 0 Å². The zero-order chi connectivity index (χ0) is 14.3. The van der Waals surface area contributed by atoms with Gasteiger partial charge in [0.25, 0.3) is 0 Å². The minimum absolute atomic E-state index is 0.322. The molecule has 0 saturated heterocycles. The van der Waals surface area contributed by atoms with Crippen molar-refractivity contribution in [3.8, 4) is 5.75 Å². The topological polar surface area (TPSA) is 50.7 Å². The van der Waals surface area contributed by atoms with E-state index in [2.05, 4.69) is 5.32 Å². The average Bonchev–Trinajstić information content (AvgIpc) is 3.24. The quantitative estimate of drug-likeness (QED) is 0.686. The second-order valence-electron chi connectivity index (χ2n) is 5.65. The summed E-state index contributed by atoms with van der Waals surface area (Å²) in [6.45, 7) is 2.67. The van der Waals surface area contributed by atoms with Gasteiger partial charge in [0.2, 0.25) is 0 Å². The zero-order valence-corrected chi connectivity index (χ0v) is 12.2. The van der Waals surface area contributed by atoms with Crippen molar-refractivity contribution >= 4 is 0 Å². The lowest BCUT2D eigenvalue weighted by Crippen LogP contribution is -2.35. The molecule has 1 aliphatic carbocycles. The van der Waals surface area contributed by atoms with Gasteiger partial charge in [-0.2, -0.15) is 0 Å². The molecular formula is C16H25NO3. The predicted octanol–water partition coefficient (Wildman–Crippen LogP) is 1.83. The molecule has 2 rings (SSSR count). The van der Waals surface area contributed by atoms with Crippen LogP contribution in [0.3, 0.4) is 0 Å². The molecule has 20 heavy (non-hydrogen) atoms. The van der Waals surface area contributed by atoms with Crippen LogP contribution in [0.5, 0.6) is 5.75 Å². The fourth-order valence-corrected chi connectivity index (χ4v) is 2.28. The molecule has 4 nitrogen and oxygen atoms in total. The maximum atomic E-state index is 9.89. The molecule has 1 unspecified atom stereocenters. The number of rotatable bonds is 10. The largest absolute Gasteiger partial charge is 0.491 e. The van der Waals surface area contributed by atoms with Crippen LogP contribution in [0.2, 0.25) is 0 Å². The highest BCUT2D eigenvalue weighted by Gasteiger charge is 2.41. The SMILES string of the molecule is COCCC1(CNCC(O)COc2ccccc2)CC1. The molecule has 1 atom stereocenters. The van der Waals surface area contributed by atoms with Gasteiger partial charge in [-0.05, 0) is 36.8 Å². The first-order valence-electron chi connectivity index (χ1n) is 7.30. The van der Waals surface area contributed by atoms with E-state index in [1.54, 1.807) is 7.11 Å². The molecule has 1 fully saturated rings. The first-order valence-corrected chi connectivity index (χ1v) is 7.30. The van der Waals surface area contributed by atoms with E-state index in [-0.39, 0.29) is 0 Å². The van der Waals surface area contributed by atoms with Crippen LogP contribution in [-0.4, -0.2) is 44.6 Å². The average molecular weight is 279 g/mol. The van der Waals surface area contributed by atoms with Crippen LogP contribution >= 0.6 is 0 Å². The third-order valence-corrected chi connectivity index (χ3v) is 3.86. The summed E-state index contributed by atoms with van der Waals surface area (Å²) in [7, 11) is 1.74. The number of methoxy groups -OCH3 is 1. The fourth-order valence-electron chi connectivity index (χ4n) is 2.28. The van der Waals surface area contributed by atoms with Crippen molar-refractivity contribution in [2.75, 3.05) is 33.4 Å². The Hall–Kier alpha value is -1.10. The van der Waals surface area contributed by atoms with E-state index in [9.17, 15) is 5.11 Å². The first kappa shape index (κ1) is 15.3. The molecule has 0 heterocycles. The molecule has 1 aliphatic rings. The Kier molecular flexibility index (Phi) is 5.83. The van der Waals surface area contributed by atoms with Gasteiger partial charge in [0, 0.05) is 26.8 Å². The number of aliphatic hydroxyl groups excluding tert-OH is 1. The highest BCUT2D eigenvalue weighted by atomic mass is 16.5. The molecule has 1 saturated carbocycles. The van der Waals surface area contributed by atoms with Crippen LogP contribution in [0, 0.1) is 5.41 Å². The van der Waals surface area contributed by atoms with Gasteiger partial charge in [-0.15, -0.1) is 0 Å². The summed E-state index contributed by atoms with van der Waals surface area (Å²) in [5.74, 6) is 0.797. The van der Waals surface area contributed by atoms with Crippen LogP contribution < -0.4 is 10.1 Å². The molecule has 0 aromatic heterocycles. The summed E-state index contributed by atoms with van der Waals surface area (Å²) in [5.41, 5.74) is 0.413. The van der Waals surface area contributed by atoms with Crippen molar-refractivity contribution in [2.24, 2.45) is 5.41 Å². The maximum absolute atomic E-state index is 9.89. The second kappa shape index (κ2) is 7.62. The number of para-hydroxylation sites is 1. The van der Waals surface area contributed by atoms with E-state index in [4.69, 9.17) is 9.47 Å². The van der Waals surface area contributed by atoms with Crippen LogP contribution in [-0.2, 0) is 4.74 Å². The van der Waals surface area contributed by atoms with E-state index in [0.29, 0.717) is 18.6 Å². The Balaban J connectivity index is 1.57. The van der Waals surface area contributed by atoms with Crippen LogP contribution in [0.25, 0.3) is 0 Å². The summed E-state index contributed by atoms with van der Waals surface area (Å²) in [5, 5.41) is 13.2. The van der Waals surface area contributed by atoms with Gasteiger partial charge in [-0.25, -0.2) is 0 Å². The van der Waals surface area contributed by atoms with Gasteiger partial charge in [-0.1, -0.05) is 18.2 Å². The molecule has 1 aromatic carbocycles. The Morgan fingerprint density at radius 3 is 2.70 bits per heavy atom. The van der Waals surface area contributed by atoms with Crippen molar-refractivity contribution in [3.05, 3.63) is 30.3 Å². The number of ether oxygens (including phenoxy) is 2. The highest BCUT2D eigenvalue weighted by Crippen LogP contribution is 2.48. The third kappa shape index (κ3) is 5.12. The van der Waals surface area contributed by atoms with Gasteiger partial charge in [0.1, 0.15) is 18.5 Å². The normalized spacial score (nSPS) is 17.7. The Morgan fingerprint density at radius 2 is 2.05 bits per heavy atom. The zero-order valence-electron chi connectivity index (χ0n) is 12.2. The van der Waals surface area contributed by atoms with E-state index in [1.165, 1.54) is 12.8 Å². The molecule has 0 bridgehead atoms. The Labute approximate surface area is 121 Å². The van der Waals surface area contributed by atoms with Crippen molar-refractivity contribution in [3.63, 3.8) is 0 Å². The van der Waals surface area contributed by atoms with E-state index < -0.39 is 6.10 Å². The lowest BCUT2D eigenvalue weighted by atomic mass is 10.0. The smallest absolute Gasteiger partial charge is 0.119 e. The summed E-state index contributed by atoms with van der Waals surface area (Å²) in [6.07, 6.45) is 3.15. The lowest BCUT2D eigenvalue weighted by Gasteiger charge is -2.18. The van der Waals surface area contributed by atoms with E-state index >= 15 is 0 Å². The van der Waals surface area contributed by atoms with Gasteiger partial charge in [0.15, 0.2) is 0 Å². The first-order chi connectivity index (χ1) is 9.74. The lowest BCUT2D eigenvalue weighted by molar-refractivity contribution is 0.104. The summed E-state index contributed by atoms with van der Waals surface area (Å²) < 4.78 is 10.7. The molecule has 0 amide bonds. The number of hydrogen-bond acceptors (Lipinski definition) is 4. The molecule has 2 N–H and O–H groups in total. The summed E-state index contributed by atoms with van der Waals surface area (Å²) in [6, 6.07) is 9.58. The number of hydrogen-bond donors (Lipinski definition) is 2. The maximum Gasteiger partial charge on any atom is 0.119 e. The Bertz CT molecular complexity index is 379. The molecule has 0 aliphatic heterocycles. The van der Waals surface area contributed by atoms with Crippen LogP contribution in [0.1, 0.15) is 19.3 Å². The minimum atomic E-state index is -0.478. The van der Waals surface area contributed by atoms with E-state index in [0.717, 1.165) is 25.3 Å². The van der Waals surface area contributed by atoms with Crippen molar-refractivity contribution in [1.29, 1.82) is 0 Å². The fraction of sp³-hybridized carbons (Fsp3) is 0.625. The van der Waals surface area contributed by atoms with Crippen molar-refractivity contribution < 1.29 is 14.6 Å². The second-order valence-corrected chi connectivity index (χ2v) is 5.65. The Morgan fingerprint density at radius 1 is 1.30 bits per heavy atom. The number of aliphatic hydroxyl groups is 1. The molecule has 0 radical (unpaired) electrons. The number of nitrogens with one attached hydrogen (secondary N) is 1. The van der Waals surface area contributed by atoms with Gasteiger partial charge < -0.3 is 19.9 Å².